The van der Waals surface area contributed by atoms with E-state index in [4.69, 9.17) is 56.8 Å². The number of halogens is 2. The van der Waals surface area contributed by atoms with E-state index in [0.29, 0.717) is 0 Å². The fourth-order valence-electron chi connectivity index (χ4n) is 6.36. The molecule has 11 atom stereocenters. The Balaban J connectivity index is 2.17. The van der Waals surface area contributed by atoms with Gasteiger partial charge in [0.25, 0.3) is 0 Å². The van der Waals surface area contributed by atoms with Crippen molar-refractivity contribution in [3.05, 3.63) is 21.1 Å². The lowest BCUT2D eigenvalue weighted by Crippen LogP contribution is -2.67. The normalized spacial score (nSPS) is 27.1. The van der Waals surface area contributed by atoms with E-state index in [-0.39, 0.29) is 20.4 Å². The van der Waals surface area contributed by atoms with Gasteiger partial charge in [0.2, 0.25) is 12.4 Å². The maximum Gasteiger partial charge on any atom is 0.303 e. The zero-order chi connectivity index (χ0) is 45.2. The summed E-state index contributed by atoms with van der Waals surface area (Å²) < 4.78 is 67.8. The largest absolute Gasteiger partial charge is 0.481 e. The Morgan fingerprint density at radius 1 is 0.433 bits per heavy atom. The Morgan fingerprint density at radius 3 is 1.20 bits per heavy atom. The summed E-state index contributed by atoms with van der Waals surface area (Å²) >= 11 is 6.78. The molecule has 0 unspecified atom stereocenters. The highest BCUT2D eigenvalue weighted by Crippen LogP contribution is 2.42. The van der Waals surface area contributed by atoms with E-state index in [1.165, 1.54) is 12.1 Å². The molecule has 0 spiro atoms. The van der Waals surface area contributed by atoms with Crippen molar-refractivity contribution in [1.82, 2.24) is 0 Å². The van der Waals surface area contributed by atoms with Crippen LogP contribution in [0.3, 0.4) is 0 Å². The van der Waals surface area contributed by atoms with Gasteiger partial charge in [-0.15, -0.1) is 0 Å². The molecular weight excluding hydrogens is 940 g/mol. The van der Waals surface area contributed by atoms with Crippen LogP contribution >= 0.6 is 31.9 Å². The van der Waals surface area contributed by atoms with Gasteiger partial charge < -0.3 is 56.8 Å². The molecule has 1 heterocycles. The topological polar surface area (TPSA) is 264 Å². The standard InChI is InChI=1S/C37H44Br2O21/c1-14(40)49-12-23-29(51-16(3)42)32(54-19(6)45)35(56-21(8)47)33(30(23)52-17(4)43)58-26-10-25(39)27(11-24(26)38)59-37-36(57-22(9)48)34(55-20(7)46)31(53-18(5)44)28(60-37)13-50-15(2)41/h10-11,23,28-37H,12-13H2,1-9H3/t23-,28-,29-,30+,31-,32+,33-,34+,35-,36-,37-/m1/s1. The number of hydrogen-bond donors (Lipinski definition) is 0. The van der Waals surface area contributed by atoms with Crippen LogP contribution in [-0.2, 0) is 90.5 Å². The Bertz CT molecular complexity index is 1820. The maximum absolute atomic E-state index is 12.6. The summed E-state index contributed by atoms with van der Waals surface area (Å²) in [7, 11) is 0. The van der Waals surface area contributed by atoms with Crippen molar-refractivity contribution >= 4 is 85.6 Å². The molecule has 2 fully saturated rings. The highest BCUT2D eigenvalue weighted by Gasteiger charge is 2.59. The molecule has 2 aliphatic rings. The fraction of sp³-hybridized carbons (Fsp3) is 0.595. The molecule has 21 nitrogen and oxygen atoms in total. The Labute approximate surface area is 359 Å². The van der Waals surface area contributed by atoms with Crippen molar-refractivity contribution in [2.45, 2.75) is 124 Å². The number of rotatable bonds is 15. The maximum atomic E-state index is 12.6. The third-order valence-electron chi connectivity index (χ3n) is 8.27. The van der Waals surface area contributed by atoms with Gasteiger partial charge in [-0.2, -0.15) is 0 Å². The zero-order valence-corrected chi connectivity index (χ0v) is 36.9. The quantitative estimate of drug-likeness (QED) is 0.180. The summed E-state index contributed by atoms with van der Waals surface area (Å²) in [5, 5.41) is 0. The highest BCUT2D eigenvalue weighted by molar-refractivity contribution is 9.11. The van der Waals surface area contributed by atoms with Crippen LogP contribution in [0.4, 0.5) is 0 Å². The lowest BCUT2D eigenvalue weighted by molar-refractivity contribution is -0.288. The molecule has 1 saturated carbocycles. The smallest absolute Gasteiger partial charge is 0.303 e. The van der Waals surface area contributed by atoms with E-state index < -0.39 is 134 Å². The van der Waals surface area contributed by atoms with Crippen molar-refractivity contribution < 1.29 is 100.0 Å². The molecule has 0 aromatic heterocycles. The molecule has 1 saturated heterocycles. The number of carbonyl (C=O) groups is 9. The zero-order valence-electron chi connectivity index (χ0n) is 33.7. The second kappa shape index (κ2) is 22.0. The van der Waals surface area contributed by atoms with Crippen LogP contribution in [0.25, 0.3) is 0 Å². The number of benzene rings is 1. The van der Waals surface area contributed by atoms with Crippen molar-refractivity contribution in [3.8, 4) is 11.5 Å². The van der Waals surface area contributed by atoms with E-state index in [2.05, 4.69) is 31.9 Å². The van der Waals surface area contributed by atoms with Gasteiger partial charge in [0, 0.05) is 62.3 Å². The molecule has 23 heteroatoms. The van der Waals surface area contributed by atoms with Crippen LogP contribution in [0.1, 0.15) is 62.3 Å². The number of esters is 9. The summed E-state index contributed by atoms with van der Waals surface area (Å²) in [5.74, 6) is -8.97. The fourth-order valence-corrected chi connectivity index (χ4v) is 7.19. The number of hydrogen-bond acceptors (Lipinski definition) is 21. The van der Waals surface area contributed by atoms with Crippen LogP contribution < -0.4 is 9.47 Å². The first-order valence-corrected chi connectivity index (χ1v) is 19.5. The third kappa shape index (κ3) is 14.0. The minimum absolute atomic E-state index is 0.0488. The summed E-state index contributed by atoms with van der Waals surface area (Å²) in [4.78, 5) is 110. The van der Waals surface area contributed by atoms with Crippen LogP contribution in [-0.4, -0.2) is 128 Å². The van der Waals surface area contributed by atoms with Gasteiger partial charge in [-0.1, -0.05) is 0 Å². The van der Waals surface area contributed by atoms with Crippen molar-refractivity contribution in [2.75, 3.05) is 13.2 Å². The number of carbonyl (C=O) groups excluding carboxylic acids is 9. The molecule has 1 aliphatic carbocycles. The van der Waals surface area contributed by atoms with Crippen LogP contribution in [0, 0.1) is 5.92 Å². The molecule has 332 valence electrons. The first-order valence-electron chi connectivity index (χ1n) is 17.9. The van der Waals surface area contributed by atoms with Gasteiger partial charge in [0.05, 0.1) is 14.9 Å². The Hall–Kier alpha value is -5.03. The monoisotopic (exact) mass is 982 g/mol. The predicted molar refractivity (Wildman–Crippen MR) is 201 cm³/mol. The van der Waals surface area contributed by atoms with Crippen molar-refractivity contribution in [2.24, 2.45) is 5.92 Å². The molecule has 0 amide bonds. The minimum Gasteiger partial charge on any atom is -0.481 e. The molecule has 1 aromatic carbocycles. The Morgan fingerprint density at radius 2 is 0.767 bits per heavy atom. The van der Waals surface area contributed by atoms with Gasteiger partial charge in [-0.05, 0) is 44.0 Å². The van der Waals surface area contributed by atoms with Gasteiger partial charge in [-0.3, -0.25) is 43.2 Å². The van der Waals surface area contributed by atoms with Gasteiger partial charge in [-0.25, -0.2) is 0 Å². The molecule has 3 rings (SSSR count). The van der Waals surface area contributed by atoms with E-state index in [1.807, 2.05) is 0 Å². The van der Waals surface area contributed by atoms with E-state index in [1.54, 1.807) is 0 Å². The average Bonchev–Trinajstić information content (AvgIpc) is 3.09. The van der Waals surface area contributed by atoms with Gasteiger partial charge in [0.1, 0.15) is 30.8 Å². The summed E-state index contributed by atoms with van der Waals surface area (Å²) in [5.41, 5.74) is 0. The first-order chi connectivity index (χ1) is 28.0. The number of ether oxygens (including phenoxy) is 12. The van der Waals surface area contributed by atoms with E-state index >= 15 is 0 Å². The van der Waals surface area contributed by atoms with E-state index in [9.17, 15) is 43.2 Å². The minimum atomic E-state index is -1.63. The average molecular weight is 985 g/mol. The summed E-state index contributed by atoms with van der Waals surface area (Å²) in [6.45, 7) is 8.53. The second-order valence-electron chi connectivity index (χ2n) is 13.2. The van der Waals surface area contributed by atoms with Crippen molar-refractivity contribution in [1.29, 1.82) is 0 Å². The lowest BCUT2D eigenvalue weighted by Gasteiger charge is -2.47. The molecule has 60 heavy (non-hydrogen) atoms. The van der Waals surface area contributed by atoms with Gasteiger partial charge >= 0.3 is 53.7 Å². The van der Waals surface area contributed by atoms with E-state index in [0.717, 1.165) is 62.3 Å². The molecule has 1 aliphatic heterocycles. The second-order valence-corrected chi connectivity index (χ2v) is 15.0. The molecular formula is C37H44Br2O21. The molecule has 0 bridgehead atoms. The molecule has 0 N–H and O–H groups in total. The predicted octanol–water partition coefficient (Wildman–Crippen LogP) is 2.34. The van der Waals surface area contributed by atoms with Crippen molar-refractivity contribution in [3.63, 3.8) is 0 Å². The lowest BCUT2D eigenvalue weighted by atomic mass is 9.77. The highest BCUT2D eigenvalue weighted by atomic mass is 79.9. The first kappa shape index (κ1) is 49.3. The molecule has 0 radical (unpaired) electrons. The molecule has 1 aromatic rings. The van der Waals surface area contributed by atoms with Crippen LogP contribution in [0.2, 0.25) is 0 Å². The SMILES string of the molecule is CC(=O)OC[C@@H]1[C@@H](OC(C)=O)[C@H](OC(C)=O)[C@@H](OC(C)=O)[C@H](Oc2cc(Br)c(O[C@@H]3O[C@H](COC(C)=O)[C@@H](OC(C)=O)[C@H](OC(C)=O)[C@H]3OC(C)=O)cc2Br)[C@H]1OC(C)=O. The Kier molecular flexibility index (Phi) is 18.1. The third-order valence-corrected chi connectivity index (χ3v) is 9.51. The summed E-state index contributed by atoms with van der Waals surface area (Å²) in [6.07, 6.45) is -15.3. The van der Waals surface area contributed by atoms with Crippen LogP contribution in [0.15, 0.2) is 21.1 Å². The van der Waals surface area contributed by atoms with Gasteiger partial charge in [0.15, 0.2) is 42.7 Å². The van der Waals surface area contributed by atoms with Crippen LogP contribution in [0.5, 0.6) is 11.5 Å². The summed E-state index contributed by atoms with van der Waals surface area (Å²) in [6, 6.07) is 2.67.